The molecule has 1 aliphatic heterocycles. The largest absolute Gasteiger partial charge is 0.491 e. The minimum absolute atomic E-state index is 0.0677. The molecule has 0 saturated carbocycles. The smallest absolute Gasteiger partial charge is 0.339 e. The van der Waals surface area contributed by atoms with Crippen LogP contribution in [-0.2, 0) is 23.6 Å². The summed E-state index contributed by atoms with van der Waals surface area (Å²) in [5, 5.41) is -1.03. The molecule has 8 nitrogen and oxygen atoms in total. The summed E-state index contributed by atoms with van der Waals surface area (Å²) in [4.78, 5) is 2.23. The van der Waals surface area contributed by atoms with E-state index in [9.17, 15) is 26.2 Å². The van der Waals surface area contributed by atoms with Crippen LogP contribution in [0.25, 0.3) is 0 Å². The number of thioether (sulfide) groups is 1. The first-order valence-electron chi connectivity index (χ1n) is 14.2. The SMILES string of the molecule is CCOP(=O)(OCC)C(C)(CC)COc1cc2c(cc1SC)N(c1ccc(F)cc1)C[C@@H](CCC(C)(F)F)N(C)S2(=O)=O. The Morgan fingerprint density at radius 2 is 1.67 bits per heavy atom. The highest BCUT2D eigenvalue weighted by molar-refractivity contribution is 7.98. The van der Waals surface area contributed by atoms with Crippen LogP contribution < -0.4 is 9.64 Å². The van der Waals surface area contributed by atoms with Crippen molar-refractivity contribution in [2.75, 3.05) is 44.6 Å². The van der Waals surface area contributed by atoms with Gasteiger partial charge in [0.05, 0.1) is 23.8 Å². The molecule has 0 saturated heterocycles. The molecule has 1 aliphatic rings. The molecule has 242 valence electrons. The summed E-state index contributed by atoms with van der Waals surface area (Å²) in [5.41, 5.74) is 0.823. The van der Waals surface area contributed by atoms with Crippen molar-refractivity contribution in [3.63, 3.8) is 0 Å². The molecule has 1 heterocycles. The summed E-state index contributed by atoms with van der Waals surface area (Å²) in [7, 11) is -6.43. The van der Waals surface area contributed by atoms with Crippen molar-refractivity contribution in [3.05, 3.63) is 42.2 Å². The van der Waals surface area contributed by atoms with E-state index in [2.05, 4.69) is 0 Å². The number of halogens is 3. The summed E-state index contributed by atoms with van der Waals surface area (Å²) in [5.74, 6) is -3.19. The summed E-state index contributed by atoms with van der Waals surface area (Å²) in [6, 6.07) is 7.87. The molecule has 0 bridgehead atoms. The molecule has 0 aromatic heterocycles. The third-order valence-electron chi connectivity index (χ3n) is 7.71. The lowest BCUT2D eigenvalue weighted by molar-refractivity contribution is 0.00679. The zero-order chi connectivity index (χ0) is 32.2. The van der Waals surface area contributed by atoms with Gasteiger partial charge in [0.2, 0.25) is 15.9 Å². The van der Waals surface area contributed by atoms with E-state index in [1.807, 2.05) is 13.2 Å². The molecular formula is C29H42F3N2O6PS2. The third kappa shape index (κ3) is 7.91. The number of benzene rings is 2. The van der Waals surface area contributed by atoms with Gasteiger partial charge in [-0.1, -0.05) is 6.92 Å². The number of hydrogen-bond donors (Lipinski definition) is 0. The van der Waals surface area contributed by atoms with E-state index in [0.29, 0.717) is 22.7 Å². The van der Waals surface area contributed by atoms with Gasteiger partial charge in [0.15, 0.2) is 0 Å². The van der Waals surface area contributed by atoms with Crippen LogP contribution in [0.2, 0.25) is 0 Å². The molecule has 0 N–H and O–H groups in total. The highest BCUT2D eigenvalue weighted by Gasteiger charge is 2.47. The molecule has 0 radical (unpaired) electrons. The lowest BCUT2D eigenvalue weighted by atomic mass is 10.1. The lowest BCUT2D eigenvalue weighted by Crippen LogP contribution is -2.41. The molecule has 1 unspecified atom stereocenters. The van der Waals surface area contributed by atoms with E-state index in [4.69, 9.17) is 13.8 Å². The fourth-order valence-electron chi connectivity index (χ4n) is 4.85. The second kappa shape index (κ2) is 14.1. The molecule has 0 spiro atoms. The van der Waals surface area contributed by atoms with Crippen molar-refractivity contribution < 1.29 is 39.9 Å². The highest BCUT2D eigenvalue weighted by atomic mass is 32.2. The van der Waals surface area contributed by atoms with Gasteiger partial charge in [-0.15, -0.1) is 11.8 Å². The number of likely N-dealkylation sites (N-methyl/N-ethyl adjacent to an activating group) is 1. The number of sulfonamides is 1. The number of fused-ring (bicyclic) bond motifs is 1. The van der Waals surface area contributed by atoms with Gasteiger partial charge < -0.3 is 18.7 Å². The highest BCUT2D eigenvalue weighted by Crippen LogP contribution is 2.61. The normalized spacial score (nSPS) is 19.0. The summed E-state index contributed by atoms with van der Waals surface area (Å²) >= 11 is 1.33. The van der Waals surface area contributed by atoms with Crippen molar-refractivity contribution in [1.82, 2.24) is 4.31 Å². The van der Waals surface area contributed by atoms with E-state index in [-0.39, 0.29) is 43.4 Å². The molecule has 3 rings (SSSR count). The second-order valence-electron chi connectivity index (χ2n) is 10.8. The van der Waals surface area contributed by atoms with Gasteiger partial charge in [0, 0.05) is 37.8 Å². The molecule has 0 aliphatic carbocycles. The van der Waals surface area contributed by atoms with Crippen molar-refractivity contribution in [2.45, 2.75) is 80.8 Å². The Morgan fingerprint density at radius 1 is 1.07 bits per heavy atom. The third-order valence-corrected chi connectivity index (χ3v) is 13.4. The van der Waals surface area contributed by atoms with Crippen LogP contribution in [0.5, 0.6) is 5.75 Å². The first-order chi connectivity index (χ1) is 20.1. The van der Waals surface area contributed by atoms with Gasteiger partial charge in [0.1, 0.15) is 28.2 Å². The zero-order valence-corrected chi connectivity index (χ0v) is 28.3. The predicted molar refractivity (Wildman–Crippen MR) is 165 cm³/mol. The Bertz CT molecular complexity index is 1400. The number of hydrogen-bond acceptors (Lipinski definition) is 8. The fourth-order valence-corrected chi connectivity index (χ4v) is 8.95. The summed E-state index contributed by atoms with van der Waals surface area (Å²) in [6.45, 7) is 8.19. The van der Waals surface area contributed by atoms with Crippen molar-refractivity contribution >= 4 is 40.8 Å². The Hall–Kier alpha value is -1.76. The minimum atomic E-state index is -4.20. The van der Waals surface area contributed by atoms with E-state index in [0.717, 1.165) is 11.2 Å². The summed E-state index contributed by atoms with van der Waals surface area (Å²) in [6.07, 6.45) is 1.60. The summed E-state index contributed by atoms with van der Waals surface area (Å²) < 4.78 is 102. The van der Waals surface area contributed by atoms with Crippen LogP contribution in [-0.4, -0.2) is 69.5 Å². The van der Waals surface area contributed by atoms with E-state index in [1.54, 1.807) is 31.7 Å². The maximum absolute atomic E-state index is 14.0. The van der Waals surface area contributed by atoms with Gasteiger partial charge in [-0.25, -0.2) is 21.6 Å². The number of ether oxygens (including phenoxy) is 1. The maximum Gasteiger partial charge on any atom is 0.339 e. The van der Waals surface area contributed by atoms with Crippen LogP contribution >= 0.6 is 19.4 Å². The van der Waals surface area contributed by atoms with Crippen LogP contribution in [0, 0.1) is 5.82 Å². The average molecular weight is 667 g/mol. The van der Waals surface area contributed by atoms with E-state index >= 15 is 0 Å². The van der Waals surface area contributed by atoms with Crippen LogP contribution in [0.4, 0.5) is 24.5 Å². The maximum atomic E-state index is 14.0. The lowest BCUT2D eigenvalue weighted by Gasteiger charge is -2.35. The molecule has 2 aromatic rings. The van der Waals surface area contributed by atoms with Gasteiger partial charge in [-0.3, -0.25) is 4.57 Å². The molecule has 2 atom stereocenters. The van der Waals surface area contributed by atoms with Crippen LogP contribution in [0.1, 0.15) is 53.9 Å². The Morgan fingerprint density at radius 3 is 2.19 bits per heavy atom. The average Bonchev–Trinajstić information content (AvgIpc) is 3.02. The monoisotopic (exact) mass is 666 g/mol. The van der Waals surface area contributed by atoms with E-state index in [1.165, 1.54) is 49.1 Å². The van der Waals surface area contributed by atoms with Crippen molar-refractivity contribution in [2.24, 2.45) is 0 Å². The van der Waals surface area contributed by atoms with Crippen LogP contribution in [0.3, 0.4) is 0 Å². The quantitative estimate of drug-likeness (QED) is 0.149. The van der Waals surface area contributed by atoms with Gasteiger partial charge in [0.25, 0.3) is 0 Å². The standard InChI is InChI=1S/C29H42F3N2O6PS2/c1-8-28(4,41(35,39-9-2)40-10-3)20-38-25-18-27-24(17-26(25)42-7)34(22-13-11-21(30)12-14-22)19-23(15-16-29(5,31)32)33(6)43(27,36)37/h11-14,17-18,23H,8-10,15-16,19-20H2,1-7H3/t23-,28?/m1/s1. The van der Waals surface area contributed by atoms with Crippen molar-refractivity contribution in [1.29, 1.82) is 0 Å². The zero-order valence-electron chi connectivity index (χ0n) is 25.7. The number of nitrogens with zero attached hydrogens (tertiary/aromatic N) is 2. The molecular weight excluding hydrogens is 624 g/mol. The first kappa shape index (κ1) is 35.7. The molecule has 0 amide bonds. The molecule has 2 aromatic carbocycles. The Labute approximate surface area is 257 Å². The Kier molecular flexibility index (Phi) is 11.7. The number of rotatable bonds is 14. The number of alkyl halides is 2. The number of anilines is 2. The first-order valence-corrected chi connectivity index (χ1v) is 18.4. The van der Waals surface area contributed by atoms with Gasteiger partial charge in [-0.05, 0) is 77.1 Å². The molecule has 0 fully saturated rings. The fraction of sp³-hybridized carbons (Fsp3) is 0.586. The minimum Gasteiger partial charge on any atom is -0.491 e. The topological polar surface area (TPSA) is 85.4 Å². The second-order valence-corrected chi connectivity index (χ2v) is 16.2. The van der Waals surface area contributed by atoms with Gasteiger partial charge >= 0.3 is 7.60 Å². The van der Waals surface area contributed by atoms with Crippen molar-refractivity contribution in [3.8, 4) is 5.75 Å². The van der Waals surface area contributed by atoms with Gasteiger partial charge in [-0.2, -0.15) is 4.31 Å². The molecule has 43 heavy (non-hydrogen) atoms. The van der Waals surface area contributed by atoms with E-state index < -0.39 is 47.0 Å². The molecule has 14 heteroatoms. The predicted octanol–water partition coefficient (Wildman–Crippen LogP) is 7.94. The van der Waals surface area contributed by atoms with Crippen LogP contribution in [0.15, 0.2) is 46.2 Å². The Balaban J connectivity index is 2.15.